The van der Waals surface area contributed by atoms with Crippen molar-refractivity contribution in [1.82, 2.24) is 0 Å². The van der Waals surface area contributed by atoms with Gasteiger partial charge in [-0.2, -0.15) is 0 Å². The number of amides is 1. The van der Waals surface area contributed by atoms with Crippen molar-refractivity contribution in [3.63, 3.8) is 0 Å². The lowest BCUT2D eigenvalue weighted by Gasteiger charge is -2.15. The van der Waals surface area contributed by atoms with Crippen LogP contribution in [0, 0.1) is 10.1 Å². The summed E-state index contributed by atoms with van der Waals surface area (Å²) in [5.41, 5.74) is 5.55. The number of ether oxygens (including phenoxy) is 1. The second kappa shape index (κ2) is 6.74. The summed E-state index contributed by atoms with van der Waals surface area (Å²) >= 11 is 0. The fourth-order valence-electron chi connectivity index (χ4n) is 1.75. The molecule has 0 aromatic heterocycles. The zero-order valence-electron chi connectivity index (χ0n) is 11.8. The number of carbonyl (C=O) groups is 1. The van der Waals surface area contributed by atoms with Crippen molar-refractivity contribution in [2.24, 2.45) is 5.73 Å². The third-order valence-electron chi connectivity index (χ3n) is 2.39. The first-order chi connectivity index (χ1) is 9.27. The van der Waals surface area contributed by atoms with E-state index in [1.54, 1.807) is 13.0 Å². The van der Waals surface area contributed by atoms with Crippen molar-refractivity contribution in [2.75, 3.05) is 5.32 Å². The van der Waals surface area contributed by atoms with Crippen molar-refractivity contribution in [3.05, 3.63) is 28.3 Å². The number of carbonyl (C=O) groups excluding carboxylic acids is 1. The number of nitro groups is 1. The minimum atomic E-state index is -0.489. The highest BCUT2D eigenvalue weighted by Crippen LogP contribution is 2.27. The summed E-state index contributed by atoms with van der Waals surface area (Å²) in [6.07, 6.45) is 0.0520. The summed E-state index contributed by atoms with van der Waals surface area (Å²) in [5, 5.41) is 13.9. The maximum atomic E-state index is 10.9. The Labute approximate surface area is 117 Å². The molecule has 1 aromatic carbocycles. The molecule has 1 aromatic rings. The minimum absolute atomic E-state index is 0.0723. The van der Waals surface area contributed by atoms with Gasteiger partial charge in [0.1, 0.15) is 5.75 Å². The fourth-order valence-corrected chi connectivity index (χ4v) is 1.75. The van der Waals surface area contributed by atoms with Crippen molar-refractivity contribution in [3.8, 4) is 5.75 Å². The van der Waals surface area contributed by atoms with E-state index in [1.807, 2.05) is 13.8 Å². The van der Waals surface area contributed by atoms with E-state index in [9.17, 15) is 14.9 Å². The number of primary amides is 1. The lowest BCUT2D eigenvalue weighted by atomic mass is 10.2. The maximum Gasteiger partial charge on any atom is 0.275 e. The smallest absolute Gasteiger partial charge is 0.275 e. The van der Waals surface area contributed by atoms with Gasteiger partial charge < -0.3 is 15.8 Å². The highest BCUT2D eigenvalue weighted by Gasteiger charge is 2.13. The lowest BCUT2D eigenvalue weighted by molar-refractivity contribution is -0.384. The van der Waals surface area contributed by atoms with Crippen LogP contribution in [-0.4, -0.2) is 23.0 Å². The predicted molar refractivity (Wildman–Crippen MR) is 75.8 cm³/mol. The van der Waals surface area contributed by atoms with Gasteiger partial charge in [0.05, 0.1) is 17.1 Å². The molecule has 1 atom stereocenters. The van der Waals surface area contributed by atoms with Crippen LogP contribution in [0.25, 0.3) is 0 Å². The van der Waals surface area contributed by atoms with Crippen molar-refractivity contribution in [2.45, 2.75) is 39.3 Å². The molecule has 0 heterocycles. The van der Waals surface area contributed by atoms with Crippen LogP contribution < -0.4 is 15.8 Å². The van der Waals surface area contributed by atoms with Crippen molar-refractivity contribution >= 4 is 17.3 Å². The third kappa shape index (κ3) is 5.13. The van der Waals surface area contributed by atoms with Crippen LogP contribution in [0.3, 0.4) is 0 Å². The van der Waals surface area contributed by atoms with E-state index < -0.39 is 10.8 Å². The van der Waals surface area contributed by atoms with E-state index in [0.717, 1.165) is 0 Å². The van der Waals surface area contributed by atoms with Gasteiger partial charge in [-0.15, -0.1) is 0 Å². The maximum absolute atomic E-state index is 10.9. The molecule has 0 aliphatic carbocycles. The molecular weight excluding hydrogens is 262 g/mol. The van der Waals surface area contributed by atoms with Crippen LogP contribution in [-0.2, 0) is 4.79 Å². The number of hydrogen-bond donors (Lipinski definition) is 2. The molecule has 0 saturated carbocycles. The molecule has 7 nitrogen and oxygen atoms in total. The Morgan fingerprint density at radius 1 is 1.40 bits per heavy atom. The Hall–Kier alpha value is -2.31. The Morgan fingerprint density at radius 2 is 2.05 bits per heavy atom. The second-order valence-corrected chi connectivity index (χ2v) is 4.86. The molecule has 1 amide bonds. The van der Waals surface area contributed by atoms with Crippen LogP contribution in [0.1, 0.15) is 27.2 Å². The summed E-state index contributed by atoms with van der Waals surface area (Å²) in [5.74, 6) is -0.0305. The first-order valence-electron chi connectivity index (χ1n) is 6.29. The Balaban J connectivity index is 2.96. The predicted octanol–water partition coefficient (Wildman–Crippen LogP) is 2.06. The number of nitrogens with two attached hydrogens (primary N) is 1. The van der Waals surface area contributed by atoms with Gasteiger partial charge in [-0.25, -0.2) is 0 Å². The van der Waals surface area contributed by atoms with E-state index in [1.165, 1.54) is 12.1 Å². The summed E-state index contributed by atoms with van der Waals surface area (Å²) in [4.78, 5) is 21.3. The molecule has 0 aliphatic heterocycles. The molecule has 0 aliphatic rings. The van der Waals surface area contributed by atoms with Gasteiger partial charge in [0.2, 0.25) is 5.91 Å². The lowest BCUT2D eigenvalue weighted by Crippen LogP contribution is -2.24. The molecule has 0 spiro atoms. The summed E-state index contributed by atoms with van der Waals surface area (Å²) in [6.45, 7) is 5.44. The zero-order valence-corrected chi connectivity index (χ0v) is 11.8. The second-order valence-electron chi connectivity index (χ2n) is 4.86. The average molecular weight is 281 g/mol. The molecule has 3 N–H and O–H groups in total. The molecule has 1 unspecified atom stereocenters. The SMILES string of the molecule is CC(CC(N)=O)Nc1cc(OC(C)C)cc([N+](=O)[O-])c1. The molecule has 0 bridgehead atoms. The third-order valence-corrected chi connectivity index (χ3v) is 2.39. The Bertz CT molecular complexity index is 502. The topological polar surface area (TPSA) is 107 Å². The van der Waals surface area contributed by atoms with E-state index in [4.69, 9.17) is 10.5 Å². The molecule has 1 rings (SSSR count). The number of hydrogen-bond acceptors (Lipinski definition) is 5. The van der Waals surface area contributed by atoms with Crippen LogP contribution >= 0.6 is 0 Å². The minimum Gasteiger partial charge on any atom is -0.491 e. The van der Waals surface area contributed by atoms with Gasteiger partial charge in [0.15, 0.2) is 0 Å². The standard InChI is InChI=1S/C13H19N3O4/c1-8(2)20-12-6-10(5-11(7-12)16(18)19)15-9(3)4-13(14)17/h5-9,15H,4H2,1-3H3,(H2,14,17). The van der Waals surface area contributed by atoms with Gasteiger partial charge in [-0.1, -0.05) is 0 Å². The highest BCUT2D eigenvalue weighted by molar-refractivity contribution is 5.75. The van der Waals surface area contributed by atoms with Gasteiger partial charge in [0, 0.05) is 30.3 Å². The van der Waals surface area contributed by atoms with Gasteiger partial charge in [0.25, 0.3) is 5.69 Å². The van der Waals surface area contributed by atoms with Crippen LogP contribution in [0.15, 0.2) is 18.2 Å². The van der Waals surface area contributed by atoms with Gasteiger partial charge in [-0.05, 0) is 20.8 Å². The number of nitrogens with one attached hydrogen (secondary N) is 1. The van der Waals surface area contributed by atoms with Crippen LogP contribution in [0.2, 0.25) is 0 Å². The molecule has 7 heteroatoms. The summed E-state index contributed by atoms with van der Waals surface area (Å²) < 4.78 is 5.47. The molecule has 0 radical (unpaired) electrons. The van der Waals surface area contributed by atoms with Crippen LogP contribution in [0.5, 0.6) is 5.75 Å². The highest BCUT2D eigenvalue weighted by atomic mass is 16.6. The quantitative estimate of drug-likeness (QED) is 0.587. The molecule has 0 saturated heterocycles. The normalized spacial score (nSPS) is 12.0. The first-order valence-corrected chi connectivity index (χ1v) is 6.29. The number of nitrogens with zero attached hydrogens (tertiary/aromatic N) is 1. The van der Waals surface area contributed by atoms with Crippen LogP contribution in [0.4, 0.5) is 11.4 Å². The first kappa shape index (κ1) is 15.7. The largest absolute Gasteiger partial charge is 0.491 e. The number of non-ortho nitro benzene ring substituents is 1. The fraction of sp³-hybridized carbons (Fsp3) is 0.462. The monoisotopic (exact) mass is 281 g/mol. The van der Waals surface area contributed by atoms with E-state index in [2.05, 4.69) is 5.32 Å². The Kier molecular flexibility index (Phi) is 5.31. The van der Waals surface area contributed by atoms with Gasteiger partial charge in [-0.3, -0.25) is 14.9 Å². The van der Waals surface area contributed by atoms with Crippen molar-refractivity contribution in [1.29, 1.82) is 0 Å². The molecule has 0 fully saturated rings. The van der Waals surface area contributed by atoms with E-state index >= 15 is 0 Å². The number of nitro benzene ring substituents is 1. The molecular formula is C13H19N3O4. The van der Waals surface area contributed by atoms with E-state index in [-0.39, 0.29) is 24.3 Å². The molecule has 110 valence electrons. The van der Waals surface area contributed by atoms with Crippen molar-refractivity contribution < 1.29 is 14.5 Å². The zero-order chi connectivity index (χ0) is 15.3. The molecule has 20 heavy (non-hydrogen) atoms. The average Bonchev–Trinajstić information content (AvgIpc) is 2.25. The summed E-state index contributed by atoms with van der Waals surface area (Å²) in [6, 6.07) is 4.19. The van der Waals surface area contributed by atoms with E-state index in [0.29, 0.717) is 11.4 Å². The number of rotatable bonds is 7. The summed E-state index contributed by atoms with van der Waals surface area (Å²) in [7, 11) is 0. The number of anilines is 1. The van der Waals surface area contributed by atoms with Gasteiger partial charge >= 0.3 is 0 Å². The Morgan fingerprint density at radius 3 is 2.55 bits per heavy atom. The number of benzene rings is 1.